The second-order valence-corrected chi connectivity index (χ2v) is 9.69. The second kappa shape index (κ2) is 8.03. The zero-order valence-electron chi connectivity index (χ0n) is 16.2. The Hall–Kier alpha value is -1.85. The average molecular weight is 404 g/mol. The normalized spacial score (nSPS) is 16.6. The lowest BCUT2D eigenvalue weighted by atomic mass is 9.69. The molecule has 0 bridgehead atoms. The van der Waals surface area contributed by atoms with Gasteiger partial charge in [0.1, 0.15) is 16.9 Å². The molecule has 6 nitrogen and oxygen atoms in total. The van der Waals surface area contributed by atoms with Gasteiger partial charge >= 0.3 is 0 Å². The summed E-state index contributed by atoms with van der Waals surface area (Å²) in [5.41, 5.74) is 2.08. The molecule has 2 N–H and O–H groups in total. The third-order valence-electron chi connectivity index (χ3n) is 5.56. The highest BCUT2D eigenvalue weighted by Crippen LogP contribution is 2.45. The maximum atomic E-state index is 12.3. The number of anilines is 1. The lowest BCUT2D eigenvalue weighted by molar-refractivity contribution is -0.113. The first kappa shape index (κ1) is 19.9. The van der Waals surface area contributed by atoms with Gasteiger partial charge in [0, 0.05) is 4.88 Å². The highest BCUT2D eigenvalue weighted by molar-refractivity contribution is 7.99. The number of amides is 1. The molecule has 2 heterocycles. The smallest absolute Gasteiger partial charge is 0.235 e. The van der Waals surface area contributed by atoms with Gasteiger partial charge in [0.05, 0.1) is 11.3 Å². The molecule has 1 amide bonds. The third-order valence-corrected chi connectivity index (χ3v) is 7.57. The summed E-state index contributed by atoms with van der Waals surface area (Å²) in [6, 6.07) is 2.31. The molecule has 1 aliphatic carbocycles. The number of nitrogens with one attached hydrogen (secondary N) is 2. The molecule has 1 aliphatic rings. The number of nitrogens with zero attached hydrogens (tertiary/aromatic N) is 3. The fourth-order valence-corrected chi connectivity index (χ4v) is 5.37. The molecule has 0 spiro atoms. The molecule has 0 saturated heterocycles. The number of rotatable bonds is 6. The van der Waals surface area contributed by atoms with E-state index in [1.807, 2.05) is 6.92 Å². The molecule has 0 aliphatic heterocycles. The van der Waals surface area contributed by atoms with Crippen LogP contribution in [0.4, 0.5) is 5.00 Å². The highest BCUT2D eigenvalue weighted by atomic mass is 32.2. The summed E-state index contributed by atoms with van der Waals surface area (Å²) >= 11 is 2.85. The minimum absolute atomic E-state index is 0.136. The predicted octanol–water partition coefficient (Wildman–Crippen LogP) is 4.32. The monoisotopic (exact) mass is 403 g/mol. The number of aryl methyl sites for hydroxylation is 1. The number of thioether (sulfide) groups is 1. The van der Waals surface area contributed by atoms with E-state index in [0.29, 0.717) is 27.1 Å². The number of aromatic nitrogens is 3. The zero-order chi connectivity index (χ0) is 19.6. The van der Waals surface area contributed by atoms with Gasteiger partial charge in [-0.25, -0.2) is 4.98 Å². The number of thiophene rings is 1. The number of hydrogen-bond donors (Lipinski definition) is 2. The Labute approximate surface area is 168 Å². The molecule has 2 aromatic heterocycles. The number of fused-ring (bicyclic) bond motifs is 1. The summed E-state index contributed by atoms with van der Waals surface area (Å²) < 4.78 is 0. The maximum absolute atomic E-state index is 12.3. The Morgan fingerprint density at radius 3 is 2.93 bits per heavy atom. The van der Waals surface area contributed by atoms with Gasteiger partial charge in [0.2, 0.25) is 11.1 Å². The fourth-order valence-electron chi connectivity index (χ4n) is 3.43. The largest absolute Gasteiger partial charge is 0.316 e. The summed E-state index contributed by atoms with van der Waals surface area (Å²) in [5.74, 6) is 1.42. The van der Waals surface area contributed by atoms with E-state index < -0.39 is 0 Å². The first-order valence-electron chi connectivity index (χ1n) is 9.20. The Kier molecular flexibility index (Phi) is 5.92. The molecule has 0 fully saturated rings. The van der Waals surface area contributed by atoms with Crippen LogP contribution in [0, 0.1) is 29.6 Å². The van der Waals surface area contributed by atoms with Crippen LogP contribution < -0.4 is 5.32 Å². The lowest BCUT2D eigenvalue weighted by Crippen LogP contribution is -2.28. The number of carbonyl (C=O) groups is 1. The van der Waals surface area contributed by atoms with Crippen molar-refractivity contribution in [3.63, 3.8) is 0 Å². The molecule has 0 saturated carbocycles. The van der Waals surface area contributed by atoms with Crippen LogP contribution in [0.1, 0.15) is 55.4 Å². The van der Waals surface area contributed by atoms with E-state index in [4.69, 9.17) is 0 Å². The number of H-pyrrole nitrogens is 1. The van der Waals surface area contributed by atoms with E-state index in [9.17, 15) is 10.1 Å². The summed E-state index contributed by atoms with van der Waals surface area (Å²) in [6.45, 7) is 8.71. The lowest BCUT2D eigenvalue weighted by Gasteiger charge is -2.36. The summed E-state index contributed by atoms with van der Waals surface area (Å²) in [6.07, 6.45) is 4.16. The zero-order valence-corrected chi connectivity index (χ0v) is 17.8. The van der Waals surface area contributed by atoms with E-state index in [2.05, 4.69) is 47.3 Å². The molecule has 144 valence electrons. The topological polar surface area (TPSA) is 94.5 Å². The molecule has 0 radical (unpaired) electrons. The molecule has 0 aromatic carbocycles. The minimum atomic E-state index is -0.136. The van der Waals surface area contributed by atoms with Crippen LogP contribution >= 0.6 is 23.1 Å². The van der Waals surface area contributed by atoms with Gasteiger partial charge in [-0.15, -0.1) is 16.4 Å². The van der Waals surface area contributed by atoms with Crippen LogP contribution in [0.3, 0.4) is 0 Å². The summed E-state index contributed by atoms with van der Waals surface area (Å²) in [5, 5.41) is 20.6. The van der Waals surface area contributed by atoms with E-state index >= 15 is 0 Å². The standard InChI is InChI=1S/C19H25N5OS2/c1-5-19(3,4)12-6-7-13-14(9-20)17(27-15(13)8-12)22-16(25)10-26-18-21-11(2)23-24-18/h12H,5-8,10H2,1-4H3,(H,22,25)(H,21,23,24)/t12-/m0/s1. The average Bonchev–Trinajstić information content (AvgIpc) is 3.21. The van der Waals surface area contributed by atoms with Crippen LogP contribution in [0.25, 0.3) is 0 Å². The van der Waals surface area contributed by atoms with Crippen molar-refractivity contribution in [2.45, 2.75) is 58.5 Å². The van der Waals surface area contributed by atoms with Gasteiger partial charge in [-0.05, 0) is 43.1 Å². The van der Waals surface area contributed by atoms with Crippen molar-refractivity contribution in [3.05, 3.63) is 21.8 Å². The number of nitriles is 1. The van der Waals surface area contributed by atoms with Gasteiger partial charge in [0.15, 0.2) is 0 Å². The van der Waals surface area contributed by atoms with E-state index in [1.54, 1.807) is 11.3 Å². The molecule has 2 aromatic rings. The van der Waals surface area contributed by atoms with Crippen LogP contribution in [0.15, 0.2) is 5.16 Å². The Morgan fingerprint density at radius 2 is 2.30 bits per heavy atom. The van der Waals surface area contributed by atoms with Crippen molar-refractivity contribution in [2.24, 2.45) is 11.3 Å². The van der Waals surface area contributed by atoms with Crippen LogP contribution in [0.5, 0.6) is 0 Å². The van der Waals surface area contributed by atoms with Crippen molar-refractivity contribution in [3.8, 4) is 6.07 Å². The summed E-state index contributed by atoms with van der Waals surface area (Å²) in [7, 11) is 0. The van der Waals surface area contributed by atoms with Gasteiger partial charge in [-0.2, -0.15) is 5.26 Å². The third kappa shape index (κ3) is 4.36. The van der Waals surface area contributed by atoms with E-state index in [-0.39, 0.29) is 11.7 Å². The maximum Gasteiger partial charge on any atom is 0.235 e. The Bertz CT molecular complexity index is 877. The molecule has 27 heavy (non-hydrogen) atoms. The molecular formula is C19H25N5OS2. The van der Waals surface area contributed by atoms with Gasteiger partial charge in [-0.3, -0.25) is 9.89 Å². The Morgan fingerprint density at radius 1 is 1.52 bits per heavy atom. The fraction of sp³-hybridized carbons (Fsp3) is 0.579. The minimum Gasteiger partial charge on any atom is -0.316 e. The number of carbonyl (C=O) groups excluding carboxylic acids is 1. The van der Waals surface area contributed by atoms with Crippen LogP contribution in [0.2, 0.25) is 0 Å². The first-order chi connectivity index (χ1) is 12.8. The molecule has 1 atom stereocenters. The molecule has 3 rings (SSSR count). The second-order valence-electron chi connectivity index (χ2n) is 7.64. The highest BCUT2D eigenvalue weighted by Gasteiger charge is 2.34. The van der Waals surface area contributed by atoms with E-state index in [0.717, 1.165) is 37.1 Å². The van der Waals surface area contributed by atoms with Crippen molar-refractivity contribution in [2.75, 3.05) is 11.1 Å². The molecule has 0 unspecified atom stereocenters. The van der Waals surface area contributed by atoms with Crippen molar-refractivity contribution < 1.29 is 4.79 Å². The predicted molar refractivity (Wildman–Crippen MR) is 109 cm³/mol. The molecular weight excluding hydrogens is 378 g/mol. The number of hydrogen-bond acceptors (Lipinski definition) is 6. The van der Waals surface area contributed by atoms with Crippen LogP contribution in [-0.2, 0) is 17.6 Å². The van der Waals surface area contributed by atoms with Gasteiger partial charge in [-0.1, -0.05) is 39.0 Å². The van der Waals surface area contributed by atoms with Crippen molar-refractivity contribution in [1.82, 2.24) is 15.2 Å². The van der Waals surface area contributed by atoms with Crippen molar-refractivity contribution >= 4 is 34.0 Å². The first-order valence-corrected chi connectivity index (χ1v) is 11.0. The van der Waals surface area contributed by atoms with Gasteiger partial charge < -0.3 is 5.32 Å². The summed E-state index contributed by atoms with van der Waals surface area (Å²) in [4.78, 5) is 17.8. The SMILES string of the molecule is CCC(C)(C)[C@H]1CCc2c(sc(NC(=O)CSc3n[nH]c(C)n3)c2C#N)C1. The van der Waals surface area contributed by atoms with Crippen molar-refractivity contribution in [1.29, 1.82) is 5.26 Å². The van der Waals surface area contributed by atoms with Gasteiger partial charge in [0.25, 0.3) is 0 Å². The number of aromatic amines is 1. The van der Waals surface area contributed by atoms with E-state index in [1.165, 1.54) is 16.6 Å². The Balaban J connectivity index is 1.70. The quantitative estimate of drug-likeness (QED) is 0.701. The van der Waals surface area contributed by atoms with Crippen LogP contribution in [-0.4, -0.2) is 26.8 Å². The molecule has 8 heteroatoms.